The lowest BCUT2D eigenvalue weighted by Crippen LogP contribution is -2.46. The molecule has 1 saturated heterocycles. The minimum absolute atomic E-state index is 0.0432. The summed E-state index contributed by atoms with van der Waals surface area (Å²) in [5, 5.41) is 3.00. The third kappa shape index (κ3) is 4.08. The number of nitrogens with one attached hydrogen (secondary N) is 1. The molecule has 1 aliphatic rings. The quantitative estimate of drug-likeness (QED) is 0.770. The van der Waals surface area contributed by atoms with Crippen molar-refractivity contribution in [3.05, 3.63) is 0 Å². The summed E-state index contributed by atoms with van der Waals surface area (Å²) < 4.78 is 5.22. The van der Waals surface area contributed by atoms with Gasteiger partial charge in [-0.15, -0.1) is 0 Å². The molecule has 0 saturated carbocycles. The third-order valence-corrected chi connectivity index (χ3v) is 2.51. The number of amides is 2. The van der Waals surface area contributed by atoms with Gasteiger partial charge in [0.05, 0.1) is 12.6 Å². The topological polar surface area (TPSA) is 41.6 Å². The van der Waals surface area contributed by atoms with Gasteiger partial charge in [-0.3, -0.25) is 0 Å². The van der Waals surface area contributed by atoms with Crippen LogP contribution in [0, 0.1) is 5.92 Å². The molecule has 1 aliphatic heterocycles. The Kier molecular flexibility index (Phi) is 4.88. The Bertz CT molecular complexity index is 201. The zero-order valence-electron chi connectivity index (χ0n) is 9.95. The average Bonchev–Trinajstić information content (AvgIpc) is 2.66. The molecule has 0 spiro atoms. The Hall–Kier alpha value is -0.770. The van der Waals surface area contributed by atoms with E-state index in [2.05, 4.69) is 19.2 Å². The van der Waals surface area contributed by atoms with Crippen LogP contribution in [0.1, 0.15) is 27.2 Å². The largest absolute Gasteiger partial charge is 0.379 e. The van der Waals surface area contributed by atoms with Crippen LogP contribution >= 0.6 is 0 Å². The van der Waals surface area contributed by atoms with E-state index in [1.807, 2.05) is 11.8 Å². The molecular formula is C11H22N2O2. The van der Waals surface area contributed by atoms with Gasteiger partial charge in [0.15, 0.2) is 0 Å². The molecule has 1 heterocycles. The molecule has 1 fully saturated rings. The van der Waals surface area contributed by atoms with E-state index in [0.29, 0.717) is 12.5 Å². The smallest absolute Gasteiger partial charge is 0.317 e. The van der Waals surface area contributed by atoms with Crippen LogP contribution in [0.25, 0.3) is 0 Å². The first-order valence-corrected chi connectivity index (χ1v) is 5.76. The van der Waals surface area contributed by atoms with E-state index in [1.54, 1.807) is 0 Å². The molecule has 4 nitrogen and oxygen atoms in total. The van der Waals surface area contributed by atoms with Crippen molar-refractivity contribution in [3.8, 4) is 0 Å². The minimum Gasteiger partial charge on any atom is -0.379 e. The summed E-state index contributed by atoms with van der Waals surface area (Å²) in [5.41, 5.74) is 0. The van der Waals surface area contributed by atoms with Crippen LogP contribution in [0.4, 0.5) is 4.79 Å². The molecule has 88 valence electrons. The second kappa shape index (κ2) is 5.95. The Labute approximate surface area is 92.0 Å². The van der Waals surface area contributed by atoms with Crippen LogP contribution in [0.5, 0.6) is 0 Å². The number of nitrogens with zero attached hydrogens (tertiary/aromatic N) is 1. The highest BCUT2D eigenvalue weighted by Gasteiger charge is 2.20. The van der Waals surface area contributed by atoms with Gasteiger partial charge in [-0.25, -0.2) is 4.79 Å². The van der Waals surface area contributed by atoms with Gasteiger partial charge in [-0.05, 0) is 19.3 Å². The van der Waals surface area contributed by atoms with Crippen molar-refractivity contribution in [1.82, 2.24) is 10.2 Å². The number of carbonyl (C=O) groups is 1. The molecule has 15 heavy (non-hydrogen) atoms. The van der Waals surface area contributed by atoms with E-state index >= 15 is 0 Å². The number of ether oxygens (including phenoxy) is 1. The first-order chi connectivity index (χ1) is 7.13. The Morgan fingerprint density at radius 2 is 2.33 bits per heavy atom. The van der Waals surface area contributed by atoms with Crippen molar-refractivity contribution in [2.75, 3.05) is 26.3 Å². The van der Waals surface area contributed by atoms with Crippen molar-refractivity contribution in [3.63, 3.8) is 0 Å². The Balaban J connectivity index is 2.34. The van der Waals surface area contributed by atoms with Crippen LogP contribution in [-0.2, 0) is 4.74 Å². The van der Waals surface area contributed by atoms with Gasteiger partial charge in [-0.2, -0.15) is 0 Å². The summed E-state index contributed by atoms with van der Waals surface area (Å²) in [5.74, 6) is 0.510. The Morgan fingerprint density at radius 1 is 1.60 bits per heavy atom. The van der Waals surface area contributed by atoms with E-state index in [0.717, 1.165) is 26.1 Å². The summed E-state index contributed by atoms with van der Waals surface area (Å²) in [7, 11) is 0. The van der Waals surface area contributed by atoms with Crippen LogP contribution in [0.15, 0.2) is 0 Å². The number of hydrogen-bond acceptors (Lipinski definition) is 2. The average molecular weight is 214 g/mol. The summed E-state index contributed by atoms with van der Waals surface area (Å²) in [4.78, 5) is 13.7. The standard InChI is InChI=1S/C11H22N2O2/c1-4-13(7-9(2)3)11(14)12-10-5-6-15-8-10/h9-10H,4-8H2,1-3H3,(H,12,14). The zero-order chi connectivity index (χ0) is 11.3. The predicted octanol–water partition coefficient (Wildman–Crippen LogP) is 1.46. The lowest BCUT2D eigenvalue weighted by atomic mass is 10.2. The third-order valence-electron chi connectivity index (χ3n) is 2.51. The predicted molar refractivity (Wildman–Crippen MR) is 59.8 cm³/mol. The van der Waals surface area contributed by atoms with Crippen LogP contribution in [0.3, 0.4) is 0 Å². The van der Waals surface area contributed by atoms with E-state index in [4.69, 9.17) is 4.74 Å². The second-order valence-corrected chi connectivity index (χ2v) is 4.44. The fourth-order valence-electron chi connectivity index (χ4n) is 1.71. The van der Waals surface area contributed by atoms with Gasteiger partial charge >= 0.3 is 6.03 Å². The first-order valence-electron chi connectivity index (χ1n) is 5.76. The molecule has 0 aromatic rings. The van der Waals surface area contributed by atoms with E-state index in [-0.39, 0.29) is 12.1 Å². The molecule has 0 aliphatic carbocycles. The maximum atomic E-state index is 11.8. The number of rotatable bonds is 4. The molecule has 2 amide bonds. The van der Waals surface area contributed by atoms with E-state index in [1.165, 1.54) is 0 Å². The summed E-state index contributed by atoms with van der Waals surface area (Å²) in [6, 6.07) is 0.250. The normalized spacial score (nSPS) is 20.7. The molecular weight excluding hydrogens is 192 g/mol. The molecule has 1 N–H and O–H groups in total. The van der Waals surface area contributed by atoms with Crippen molar-refractivity contribution < 1.29 is 9.53 Å². The fraction of sp³-hybridized carbons (Fsp3) is 0.909. The van der Waals surface area contributed by atoms with Crippen molar-refractivity contribution in [2.45, 2.75) is 33.2 Å². The van der Waals surface area contributed by atoms with Crippen molar-refractivity contribution in [1.29, 1.82) is 0 Å². The highest BCUT2D eigenvalue weighted by Crippen LogP contribution is 2.05. The highest BCUT2D eigenvalue weighted by atomic mass is 16.5. The molecule has 0 bridgehead atoms. The SMILES string of the molecule is CCN(CC(C)C)C(=O)NC1CCOC1. The van der Waals surface area contributed by atoms with Crippen molar-refractivity contribution in [2.24, 2.45) is 5.92 Å². The van der Waals surface area contributed by atoms with Gasteiger partial charge in [0.25, 0.3) is 0 Å². The van der Waals surface area contributed by atoms with Crippen LogP contribution < -0.4 is 5.32 Å². The number of hydrogen-bond donors (Lipinski definition) is 1. The number of urea groups is 1. The molecule has 4 heteroatoms. The Morgan fingerprint density at radius 3 is 2.80 bits per heavy atom. The van der Waals surface area contributed by atoms with Gasteiger partial charge < -0.3 is 15.0 Å². The van der Waals surface area contributed by atoms with Crippen LogP contribution in [0.2, 0.25) is 0 Å². The highest BCUT2D eigenvalue weighted by molar-refractivity contribution is 5.74. The lowest BCUT2D eigenvalue weighted by Gasteiger charge is -2.24. The minimum atomic E-state index is 0.0432. The van der Waals surface area contributed by atoms with E-state index < -0.39 is 0 Å². The van der Waals surface area contributed by atoms with Gasteiger partial charge in [0, 0.05) is 19.7 Å². The zero-order valence-corrected chi connectivity index (χ0v) is 9.95. The summed E-state index contributed by atoms with van der Waals surface area (Å²) in [6.45, 7) is 9.25. The molecule has 1 unspecified atom stereocenters. The molecule has 0 aromatic heterocycles. The monoisotopic (exact) mass is 214 g/mol. The molecule has 1 atom stereocenters. The van der Waals surface area contributed by atoms with Gasteiger partial charge in [-0.1, -0.05) is 13.8 Å². The molecule has 1 rings (SSSR count). The maximum absolute atomic E-state index is 11.8. The van der Waals surface area contributed by atoms with Crippen molar-refractivity contribution >= 4 is 6.03 Å². The lowest BCUT2D eigenvalue weighted by molar-refractivity contribution is 0.176. The van der Waals surface area contributed by atoms with Crippen LogP contribution in [-0.4, -0.2) is 43.3 Å². The molecule has 0 radical (unpaired) electrons. The van der Waals surface area contributed by atoms with E-state index in [9.17, 15) is 4.79 Å². The maximum Gasteiger partial charge on any atom is 0.317 e. The molecule has 0 aromatic carbocycles. The second-order valence-electron chi connectivity index (χ2n) is 4.44. The fourth-order valence-corrected chi connectivity index (χ4v) is 1.71. The summed E-state index contributed by atoms with van der Waals surface area (Å²) >= 11 is 0. The summed E-state index contributed by atoms with van der Waals surface area (Å²) in [6.07, 6.45) is 0.935. The van der Waals surface area contributed by atoms with Gasteiger partial charge in [0.2, 0.25) is 0 Å². The first kappa shape index (κ1) is 12.3. The number of carbonyl (C=O) groups excluding carboxylic acids is 1. The van der Waals surface area contributed by atoms with Gasteiger partial charge in [0.1, 0.15) is 0 Å².